The molecule has 0 saturated heterocycles. The normalized spacial score (nSPS) is 16.7. The molecule has 0 radical (unpaired) electrons. The summed E-state index contributed by atoms with van der Waals surface area (Å²) in [6.07, 6.45) is 0. The summed E-state index contributed by atoms with van der Waals surface area (Å²) in [6, 6.07) is 6.50. The van der Waals surface area contributed by atoms with Crippen molar-refractivity contribution in [1.29, 1.82) is 0 Å². The number of dihydropyridines is 1. The van der Waals surface area contributed by atoms with Gasteiger partial charge in [0.1, 0.15) is 11.3 Å². The molecule has 3 rings (SSSR count). The number of nitrogens with one attached hydrogen (secondary N) is 1. The van der Waals surface area contributed by atoms with Crippen molar-refractivity contribution in [2.45, 2.75) is 33.6 Å². The van der Waals surface area contributed by atoms with Crippen molar-refractivity contribution >= 4 is 22.9 Å². The predicted molar refractivity (Wildman–Crippen MR) is 107 cm³/mol. The molecular weight excluding hydrogens is 374 g/mol. The molecule has 0 spiro atoms. The van der Waals surface area contributed by atoms with E-state index in [9.17, 15) is 14.4 Å². The lowest BCUT2D eigenvalue weighted by Crippen LogP contribution is -2.32. The lowest BCUT2D eigenvalue weighted by Gasteiger charge is -2.30. The minimum Gasteiger partial charge on any atom is -0.466 e. The van der Waals surface area contributed by atoms with Gasteiger partial charge >= 0.3 is 11.9 Å². The van der Waals surface area contributed by atoms with Crippen LogP contribution in [0.25, 0.3) is 11.0 Å². The highest BCUT2D eigenvalue weighted by Crippen LogP contribution is 2.41. The average molecular weight is 397 g/mol. The van der Waals surface area contributed by atoms with E-state index < -0.39 is 17.9 Å². The number of ether oxygens (including phenoxy) is 2. The first-order valence-electron chi connectivity index (χ1n) is 9.27. The van der Waals surface area contributed by atoms with E-state index in [1.165, 1.54) is 13.2 Å². The second-order valence-electron chi connectivity index (χ2n) is 6.79. The van der Waals surface area contributed by atoms with E-state index in [4.69, 9.17) is 13.9 Å². The van der Waals surface area contributed by atoms with Gasteiger partial charge in [-0.05, 0) is 33.8 Å². The molecule has 1 unspecified atom stereocenters. The number of fused-ring (bicyclic) bond motifs is 1. The van der Waals surface area contributed by atoms with Crippen molar-refractivity contribution in [2.24, 2.45) is 0 Å². The number of esters is 2. The fourth-order valence-electron chi connectivity index (χ4n) is 3.71. The summed E-state index contributed by atoms with van der Waals surface area (Å²) in [4.78, 5) is 38.0. The first-order chi connectivity index (χ1) is 13.8. The van der Waals surface area contributed by atoms with Crippen molar-refractivity contribution in [3.63, 3.8) is 0 Å². The molecule has 0 amide bonds. The van der Waals surface area contributed by atoms with Crippen molar-refractivity contribution in [1.82, 2.24) is 5.32 Å². The number of carbonyl (C=O) groups excluding carboxylic acids is 2. The second kappa shape index (κ2) is 7.95. The summed E-state index contributed by atoms with van der Waals surface area (Å²) in [5.41, 5.74) is 2.30. The van der Waals surface area contributed by atoms with Gasteiger partial charge in [-0.25, -0.2) is 9.59 Å². The summed E-state index contributed by atoms with van der Waals surface area (Å²) >= 11 is 0. The monoisotopic (exact) mass is 397 g/mol. The molecule has 29 heavy (non-hydrogen) atoms. The number of rotatable bonds is 4. The van der Waals surface area contributed by atoms with Crippen LogP contribution in [0.15, 0.2) is 56.0 Å². The highest BCUT2D eigenvalue weighted by Gasteiger charge is 2.39. The number of allylic oxidation sites excluding steroid dienone is 2. The van der Waals surface area contributed by atoms with Gasteiger partial charge < -0.3 is 19.2 Å². The van der Waals surface area contributed by atoms with E-state index in [1.807, 2.05) is 0 Å². The molecule has 152 valence electrons. The molecule has 7 nitrogen and oxygen atoms in total. The van der Waals surface area contributed by atoms with Crippen LogP contribution in [0, 0.1) is 6.92 Å². The largest absolute Gasteiger partial charge is 0.466 e. The van der Waals surface area contributed by atoms with Crippen molar-refractivity contribution < 1.29 is 23.5 Å². The Kier molecular flexibility index (Phi) is 5.59. The molecule has 2 heterocycles. The average Bonchev–Trinajstić information content (AvgIpc) is 2.66. The van der Waals surface area contributed by atoms with Crippen molar-refractivity contribution in [2.75, 3.05) is 13.7 Å². The molecule has 1 aliphatic rings. The van der Waals surface area contributed by atoms with Gasteiger partial charge in [0, 0.05) is 23.0 Å². The molecule has 0 saturated carbocycles. The fraction of sp³-hybridized carbons (Fsp3) is 0.318. The Morgan fingerprint density at radius 1 is 1.10 bits per heavy atom. The summed E-state index contributed by atoms with van der Waals surface area (Å²) < 4.78 is 16.1. The molecule has 1 aromatic heterocycles. The smallest absolute Gasteiger partial charge is 0.336 e. The Morgan fingerprint density at radius 2 is 1.76 bits per heavy atom. The number of carbonyl (C=O) groups is 2. The highest BCUT2D eigenvalue weighted by atomic mass is 16.5. The van der Waals surface area contributed by atoms with Crippen LogP contribution in [0.4, 0.5) is 0 Å². The summed E-state index contributed by atoms with van der Waals surface area (Å²) in [7, 11) is 1.28. The van der Waals surface area contributed by atoms with E-state index in [1.54, 1.807) is 45.9 Å². The minimum atomic E-state index is -0.809. The third-order valence-corrected chi connectivity index (χ3v) is 4.88. The van der Waals surface area contributed by atoms with Gasteiger partial charge in [-0.3, -0.25) is 4.79 Å². The molecule has 7 heteroatoms. The zero-order valence-corrected chi connectivity index (χ0v) is 17.0. The number of aryl methyl sites for hydroxylation is 1. The summed E-state index contributed by atoms with van der Waals surface area (Å²) in [5, 5.41) is 3.44. The zero-order valence-electron chi connectivity index (χ0n) is 17.0. The Balaban J connectivity index is 2.38. The molecule has 0 fully saturated rings. The molecule has 1 N–H and O–H groups in total. The maximum atomic E-state index is 12.8. The standard InChI is InChI=1S/C22H23NO6/c1-6-28-22(26)18-13(4)23-12(3)17(21(25)27-5)19(18)15-9-7-8-14-16(24)10-11(2)29-20(14)15/h7-10,19,23H,6H2,1-5H3. The zero-order chi connectivity index (χ0) is 21.3. The number of hydrogen-bond acceptors (Lipinski definition) is 7. The van der Waals surface area contributed by atoms with E-state index >= 15 is 0 Å². The van der Waals surface area contributed by atoms with E-state index in [0.717, 1.165) is 0 Å². The lowest BCUT2D eigenvalue weighted by molar-refractivity contribution is -0.139. The van der Waals surface area contributed by atoms with Gasteiger partial charge in [0.25, 0.3) is 0 Å². The molecule has 1 atom stereocenters. The van der Waals surface area contributed by atoms with Crippen molar-refractivity contribution in [3.05, 3.63) is 68.4 Å². The van der Waals surface area contributed by atoms with E-state index in [-0.39, 0.29) is 23.2 Å². The SMILES string of the molecule is CCOC(=O)C1=C(C)NC(C)=C(C(=O)OC)C1c1cccc2c(=O)cc(C)oc12. The quantitative estimate of drug-likeness (QED) is 0.792. The van der Waals surface area contributed by atoms with Gasteiger partial charge in [-0.2, -0.15) is 0 Å². The first-order valence-corrected chi connectivity index (χ1v) is 9.27. The maximum Gasteiger partial charge on any atom is 0.336 e. The van der Waals surface area contributed by atoms with Crippen LogP contribution in [-0.4, -0.2) is 25.7 Å². The maximum absolute atomic E-state index is 12.8. The van der Waals surface area contributed by atoms with Gasteiger partial charge in [0.2, 0.25) is 0 Å². The fourth-order valence-corrected chi connectivity index (χ4v) is 3.71. The van der Waals surface area contributed by atoms with E-state index in [2.05, 4.69) is 5.32 Å². The first kappa shape index (κ1) is 20.4. The Morgan fingerprint density at radius 3 is 2.38 bits per heavy atom. The summed E-state index contributed by atoms with van der Waals surface area (Å²) in [6.45, 7) is 7.04. The summed E-state index contributed by atoms with van der Waals surface area (Å²) in [5.74, 6) is -1.51. The van der Waals surface area contributed by atoms with Crippen LogP contribution >= 0.6 is 0 Å². The third kappa shape index (κ3) is 3.55. The highest BCUT2D eigenvalue weighted by molar-refractivity contribution is 6.01. The van der Waals surface area contributed by atoms with E-state index in [0.29, 0.717) is 33.7 Å². The Hall–Kier alpha value is -3.35. The molecule has 1 aliphatic heterocycles. The molecule has 1 aromatic carbocycles. The van der Waals surface area contributed by atoms with Crippen LogP contribution in [0.2, 0.25) is 0 Å². The topological polar surface area (TPSA) is 94.8 Å². The van der Waals surface area contributed by atoms with Gasteiger partial charge in [-0.1, -0.05) is 12.1 Å². The predicted octanol–water partition coefficient (Wildman–Crippen LogP) is 3.07. The van der Waals surface area contributed by atoms with Crippen molar-refractivity contribution in [3.8, 4) is 0 Å². The number of hydrogen-bond donors (Lipinski definition) is 1. The van der Waals surface area contributed by atoms with Crippen LogP contribution in [0.5, 0.6) is 0 Å². The van der Waals surface area contributed by atoms with Gasteiger partial charge in [0.05, 0.1) is 36.2 Å². The Labute approximate surface area is 168 Å². The second-order valence-corrected chi connectivity index (χ2v) is 6.79. The molecule has 2 aromatic rings. The molecule has 0 bridgehead atoms. The van der Waals surface area contributed by atoms with Crippen LogP contribution < -0.4 is 10.7 Å². The van der Waals surface area contributed by atoms with Crippen LogP contribution in [0.1, 0.15) is 38.0 Å². The Bertz CT molecular complexity index is 1120. The van der Waals surface area contributed by atoms with Gasteiger partial charge in [-0.15, -0.1) is 0 Å². The third-order valence-electron chi connectivity index (χ3n) is 4.88. The van der Waals surface area contributed by atoms with Crippen LogP contribution in [-0.2, 0) is 19.1 Å². The van der Waals surface area contributed by atoms with Crippen LogP contribution in [0.3, 0.4) is 0 Å². The number of methoxy groups -OCH3 is 1. The minimum absolute atomic E-state index is 0.183. The van der Waals surface area contributed by atoms with Gasteiger partial charge in [0.15, 0.2) is 5.43 Å². The molecule has 0 aliphatic carbocycles. The number of para-hydroxylation sites is 1. The molecular formula is C22H23NO6. The number of benzene rings is 1. The lowest BCUT2D eigenvalue weighted by atomic mass is 9.79.